The average molecular weight is 539 g/mol. The van der Waals surface area contributed by atoms with Crippen LogP contribution in [0.2, 0.25) is 0 Å². The molecule has 0 saturated carbocycles. The first-order valence-corrected chi connectivity index (χ1v) is 13.3. The maximum absolute atomic E-state index is 13.9. The van der Waals surface area contributed by atoms with Gasteiger partial charge in [0.1, 0.15) is 17.7 Å². The molecule has 10 nitrogen and oxygen atoms in total. The van der Waals surface area contributed by atoms with Crippen molar-refractivity contribution in [3.63, 3.8) is 0 Å². The lowest BCUT2D eigenvalue weighted by molar-refractivity contribution is -0.157. The van der Waals surface area contributed by atoms with Crippen molar-refractivity contribution >= 4 is 28.9 Å². The lowest BCUT2D eigenvalue weighted by Gasteiger charge is -2.45. The number of carbonyl (C=O) groups excluding carboxylic acids is 3. The van der Waals surface area contributed by atoms with Gasteiger partial charge in [-0.15, -0.1) is 0 Å². The molecule has 3 aromatic carbocycles. The van der Waals surface area contributed by atoms with E-state index in [-0.39, 0.29) is 30.9 Å². The third-order valence-electron chi connectivity index (χ3n) is 7.60. The molecular weight excluding hydrogens is 508 g/mol. The van der Waals surface area contributed by atoms with E-state index in [1.54, 1.807) is 21.9 Å². The lowest BCUT2D eigenvalue weighted by Crippen LogP contribution is -2.65. The number of rotatable bonds is 7. The fourth-order valence-corrected chi connectivity index (χ4v) is 5.57. The number of hydrogen-bond donors (Lipinski definition) is 1. The van der Waals surface area contributed by atoms with Gasteiger partial charge in [-0.05, 0) is 17.2 Å². The van der Waals surface area contributed by atoms with E-state index in [4.69, 9.17) is 4.42 Å². The Morgan fingerprint density at radius 3 is 2.48 bits per heavy atom. The zero-order chi connectivity index (χ0) is 27.6. The van der Waals surface area contributed by atoms with Crippen LogP contribution in [0.3, 0.4) is 0 Å². The van der Waals surface area contributed by atoms with Gasteiger partial charge >= 0.3 is 6.03 Å². The van der Waals surface area contributed by atoms with Crippen LogP contribution in [0.5, 0.6) is 0 Å². The first-order chi connectivity index (χ1) is 19.5. The summed E-state index contributed by atoms with van der Waals surface area (Å²) < 4.78 is 5.62. The molecule has 0 unspecified atom stereocenters. The Bertz CT molecular complexity index is 1530. The van der Waals surface area contributed by atoms with Gasteiger partial charge in [-0.2, -0.15) is 5.01 Å². The van der Waals surface area contributed by atoms with Crippen LogP contribution < -0.4 is 5.32 Å². The minimum Gasteiger partial charge on any atom is -0.443 e. The van der Waals surface area contributed by atoms with E-state index in [1.807, 2.05) is 78.9 Å². The van der Waals surface area contributed by atoms with Crippen molar-refractivity contribution in [1.29, 1.82) is 0 Å². The minimum atomic E-state index is -0.701. The van der Waals surface area contributed by atoms with Crippen molar-refractivity contribution in [2.45, 2.75) is 31.7 Å². The predicted octanol–water partition coefficient (Wildman–Crippen LogP) is 3.01. The van der Waals surface area contributed by atoms with Crippen molar-refractivity contribution in [3.8, 4) is 0 Å². The van der Waals surface area contributed by atoms with Gasteiger partial charge in [0, 0.05) is 32.1 Å². The molecule has 1 N–H and O–H groups in total. The van der Waals surface area contributed by atoms with Crippen molar-refractivity contribution in [1.82, 2.24) is 30.1 Å². The van der Waals surface area contributed by atoms with Crippen molar-refractivity contribution < 1.29 is 18.8 Å². The molecule has 0 radical (unpaired) electrons. The summed E-state index contributed by atoms with van der Waals surface area (Å²) in [4.78, 5) is 48.2. The number of aromatic nitrogens is 1. The van der Waals surface area contributed by atoms with Crippen LogP contribution in [0.25, 0.3) is 11.1 Å². The molecule has 40 heavy (non-hydrogen) atoms. The molecule has 2 fully saturated rings. The maximum Gasteiger partial charge on any atom is 0.332 e. The fourth-order valence-electron chi connectivity index (χ4n) is 5.57. The zero-order valence-corrected chi connectivity index (χ0v) is 22.1. The topological polar surface area (TPSA) is 102 Å². The van der Waals surface area contributed by atoms with Gasteiger partial charge in [0.15, 0.2) is 12.0 Å². The van der Waals surface area contributed by atoms with E-state index in [1.165, 1.54) is 11.4 Å². The predicted molar refractivity (Wildman–Crippen MR) is 147 cm³/mol. The number of fused-ring (bicyclic) bond motifs is 2. The zero-order valence-electron chi connectivity index (χ0n) is 22.1. The summed E-state index contributed by atoms with van der Waals surface area (Å²) in [6.07, 6.45) is 1.27. The minimum absolute atomic E-state index is 0.00399. The molecule has 1 aromatic heterocycles. The summed E-state index contributed by atoms with van der Waals surface area (Å²) in [6.45, 7) is 0.913. The van der Waals surface area contributed by atoms with Gasteiger partial charge in [0.2, 0.25) is 11.8 Å². The molecule has 2 aliphatic heterocycles. The molecule has 2 atom stereocenters. The monoisotopic (exact) mass is 538 g/mol. The number of urea groups is 1. The van der Waals surface area contributed by atoms with Crippen LogP contribution >= 0.6 is 0 Å². The Morgan fingerprint density at radius 1 is 1.00 bits per heavy atom. The summed E-state index contributed by atoms with van der Waals surface area (Å²) >= 11 is 0. The maximum atomic E-state index is 13.9. The van der Waals surface area contributed by atoms with Crippen LogP contribution in [0.15, 0.2) is 89.7 Å². The van der Waals surface area contributed by atoms with Crippen molar-refractivity contribution in [2.24, 2.45) is 0 Å². The highest BCUT2D eigenvalue weighted by atomic mass is 16.3. The van der Waals surface area contributed by atoms with E-state index in [9.17, 15) is 14.4 Å². The molecule has 2 saturated heterocycles. The normalized spacial score (nSPS) is 19.2. The number of hydrogen-bond acceptors (Lipinski definition) is 6. The number of nitrogens with one attached hydrogen (secondary N) is 1. The first-order valence-electron chi connectivity index (χ1n) is 13.3. The van der Waals surface area contributed by atoms with E-state index in [0.717, 1.165) is 22.2 Å². The number of para-hydroxylation sites is 1. The second kappa shape index (κ2) is 10.8. The van der Waals surface area contributed by atoms with Crippen LogP contribution in [0, 0.1) is 0 Å². The second-order valence-electron chi connectivity index (χ2n) is 10.1. The van der Waals surface area contributed by atoms with Crippen LogP contribution in [-0.2, 0) is 29.1 Å². The highest BCUT2D eigenvalue weighted by molar-refractivity contribution is 5.92. The molecule has 4 aromatic rings. The number of hydrazine groups is 1. The summed E-state index contributed by atoms with van der Waals surface area (Å²) in [6, 6.07) is 24.0. The van der Waals surface area contributed by atoms with Crippen molar-refractivity contribution in [2.75, 3.05) is 20.1 Å². The second-order valence-corrected chi connectivity index (χ2v) is 10.1. The number of amides is 4. The molecule has 6 rings (SSSR count). The van der Waals surface area contributed by atoms with Crippen LogP contribution in [0.1, 0.15) is 16.7 Å². The molecule has 2 aliphatic rings. The van der Waals surface area contributed by atoms with Gasteiger partial charge in [0.25, 0.3) is 0 Å². The Balaban J connectivity index is 1.27. The summed E-state index contributed by atoms with van der Waals surface area (Å²) in [5, 5.41) is 6.13. The van der Waals surface area contributed by atoms with E-state index >= 15 is 0 Å². The standard InChI is InChI=1S/C30H30N6O4/c1-33(30(39)31-16-22-11-6-3-7-12-22)35-19-27(37)36-25(15-21-9-4-2-5-10-21)29(38)34(18-26(35)36)17-23-13-8-14-24-28(23)40-20-32-24/h2-14,20,25-26H,15-19H2,1H3,(H,31,39)/t25-,26+/m0/s1. The molecule has 0 spiro atoms. The Hall–Kier alpha value is -4.70. The third-order valence-corrected chi connectivity index (χ3v) is 7.60. The van der Waals surface area contributed by atoms with Gasteiger partial charge in [0.05, 0.1) is 13.1 Å². The molecule has 204 valence electrons. The summed E-state index contributed by atoms with van der Waals surface area (Å²) in [5.41, 5.74) is 4.12. The largest absolute Gasteiger partial charge is 0.443 e. The number of oxazole rings is 1. The molecule has 0 aliphatic carbocycles. The number of nitrogens with zero attached hydrogens (tertiary/aromatic N) is 5. The van der Waals surface area contributed by atoms with Gasteiger partial charge in [-0.3, -0.25) is 14.6 Å². The van der Waals surface area contributed by atoms with Gasteiger partial charge < -0.3 is 19.5 Å². The SMILES string of the molecule is CN(C(=O)NCc1ccccc1)N1CC(=O)N2[C@@H](Cc3ccccc3)C(=O)N(Cc3cccc4ncoc34)C[C@@H]21. The van der Waals surface area contributed by atoms with Gasteiger partial charge in [-0.1, -0.05) is 72.8 Å². The van der Waals surface area contributed by atoms with Crippen molar-refractivity contribution in [3.05, 3.63) is 102 Å². The molecule has 10 heteroatoms. The first kappa shape index (κ1) is 25.6. The van der Waals surface area contributed by atoms with E-state index in [0.29, 0.717) is 25.1 Å². The highest BCUT2D eigenvalue weighted by Crippen LogP contribution is 2.30. The van der Waals surface area contributed by atoms with Crippen LogP contribution in [0.4, 0.5) is 4.79 Å². The van der Waals surface area contributed by atoms with E-state index in [2.05, 4.69) is 10.3 Å². The fraction of sp³-hybridized carbons (Fsp3) is 0.267. The Kier molecular flexibility index (Phi) is 6.91. The quantitative estimate of drug-likeness (QED) is 0.388. The molecule has 4 amide bonds. The van der Waals surface area contributed by atoms with E-state index < -0.39 is 12.2 Å². The molecule has 0 bridgehead atoms. The third kappa shape index (κ3) is 4.89. The number of piperazine rings is 1. The van der Waals surface area contributed by atoms with Gasteiger partial charge in [-0.25, -0.2) is 9.78 Å². The highest BCUT2D eigenvalue weighted by Gasteiger charge is 2.51. The number of benzene rings is 3. The molecule has 3 heterocycles. The smallest absolute Gasteiger partial charge is 0.332 e. The summed E-state index contributed by atoms with van der Waals surface area (Å²) in [5.74, 6) is -0.318. The lowest BCUT2D eigenvalue weighted by atomic mass is 10.00. The molecular formula is C30H30N6O4. The summed E-state index contributed by atoms with van der Waals surface area (Å²) in [7, 11) is 1.65. The Labute approximate surface area is 231 Å². The van der Waals surface area contributed by atoms with Crippen LogP contribution in [-0.4, -0.2) is 75.0 Å². The average Bonchev–Trinajstić information content (AvgIpc) is 3.59. The Morgan fingerprint density at radius 2 is 1.73 bits per heavy atom. The number of carbonyl (C=O) groups is 3.